The molecule has 3 aromatic heterocycles. The second-order valence-corrected chi connectivity index (χ2v) is 8.36. The van der Waals surface area contributed by atoms with Crippen molar-refractivity contribution in [2.45, 2.75) is 18.6 Å². The fraction of sp³-hybridized carbons (Fsp3) is 0.176. The van der Waals surface area contributed by atoms with Crippen molar-refractivity contribution in [3.8, 4) is 0 Å². The van der Waals surface area contributed by atoms with Crippen molar-refractivity contribution in [1.82, 2.24) is 15.2 Å². The lowest BCUT2D eigenvalue weighted by atomic mass is 10.0. The molecule has 1 N–H and O–H groups in total. The number of aromatic nitrogens is 1. The molecule has 0 aliphatic carbocycles. The van der Waals surface area contributed by atoms with Gasteiger partial charge in [0, 0.05) is 11.1 Å². The number of pyridine rings is 1. The molecule has 4 heterocycles. The molecule has 7 heteroatoms. The number of furan rings is 1. The van der Waals surface area contributed by atoms with Gasteiger partial charge in [-0.25, -0.2) is 0 Å². The molecule has 0 spiro atoms. The maximum absolute atomic E-state index is 5.61. The summed E-state index contributed by atoms with van der Waals surface area (Å²) in [6, 6.07) is 14.1. The van der Waals surface area contributed by atoms with E-state index in [1.54, 1.807) is 17.6 Å². The summed E-state index contributed by atoms with van der Waals surface area (Å²) in [5.74, 6) is 0.890. The lowest BCUT2D eigenvalue weighted by molar-refractivity contribution is 0.291. The second-order valence-electron chi connectivity index (χ2n) is 5.48. The fourth-order valence-electron chi connectivity index (χ4n) is 2.94. The molecule has 1 aliphatic heterocycles. The van der Waals surface area contributed by atoms with E-state index in [0.717, 1.165) is 20.4 Å². The summed E-state index contributed by atoms with van der Waals surface area (Å²) in [6.45, 7) is 0.627. The molecular formula is C17H14BrN3OS2. The van der Waals surface area contributed by atoms with E-state index in [4.69, 9.17) is 16.6 Å². The van der Waals surface area contributed by atoms with Gasteiger partial charge in [0.2, 0.25) is 0 Å². The van der Waals surface area contributed by atoms with Crippen molar-refractivity contribution in [3.05, 3.63) is 75.0 Å². The standard InChI is InChI=1S/C17H14BrN3OS2/c18-14-7-6-13(24-14)16-15(12-5-1-2-8-19-12)20-17(23)21(16)10-11-4-3-9-22-11/h1-9,15-16H,10H2,(H,20,23). The summed E-state index contributed by atoms with van der Waals surface area (Å²) < 4.78 is 6.63. The Morgan fingerprint density at radius 2 is 2.17 bits per heavy atom. The summed E-state index contributed by atoms with van der Waals surface area (Å²) in [6.07, 6.45) is 3.51. The van der Waals surface area contributed by atoms with E-state index in [1.165, 1.54) is 4.88 Å². The SMILES string of the molecule is S=C1NC(c2ccccn2)C(c2ccc(Br)s2)N1Cc1ccco1. The third-order valence-corrected chi connectivity index (χ3v) is 6.04. The molecule has 1 saturated heterocycles. The van der Waals surface area contributed by atoms with Crippen molar-refractivity contribution in [1.29, 1.82) is 0 Å². The summed E-state index contributed by atoms with van der Waals surface area (Å²) in [5.41, 5.74) is 0.983. The second kappa shape index (κ2) is 6.66. The number of hydrogen-bond acceptors (Lipinski definition) is 4. The van der Waals surface area contributed by atoms with Gasteiger partial charge < -0.3 is 14.6 Å². The molecule has 2 atom stereocenters. The first-order valence-corrected chi connectivity index (χ1v) is 9.50. The molecule has 2 unspecified atom stereocenters. The first kappa shape index (κ1) is 15.8. The molecule has 1 fully saturated rings. The maximum Gasteiger partial charge on any atom is 0.170 e. The topological polar surface area (TPSA) is 41.3 Å². The van der Waals surface area contributed by atoms with E-state index in [2.05, 4.69) is 43.3 Å². The minimum Gasteiger partial charge on any atom is -0.467 e. The molecule has 0 saturated carbocycles. The summed E-state index contributed by atoms with van der Waals surface area (Å²) in [4.78, 5) is 7.94. The third-order valence-electron chi connectivity index (χ3n) is 3.99. The molecule has 4 rings (SSSR count). The molecule has 0 radical (unpaired) electrons. The van der Waals surface area contributed by atoms with E-state index in [-0.39, 0.29) is 12.1 Å². The molecule has 3 aromatic rings. The summed E-state index contributed by atoms with van der Waals surface area (Å²) in [7, 11) is 0. The largest absolute Gasteiger partial charge is 0.467 e. The molecular weight excluding hydrogens is 406 g/mol. The molecule has 0 amide bonds. The van der Waals surface area contributed by atoms with Crippen molar-refractivity contribution in [3.63, 3.8) is 0 Å². The molecule has 122 valence electrons. The van der Waals surface area contributed by atoms with Crippen molar-refractivity contribution >= 4 is 44.6 Å². The minimum absolute atomic E-state index is 0.0132. The van der Waals surface area contributed by atoms with Gasteiger partial charge in [0.05, 0.1) is 34.4 Å². The lowest BCUT2D eigenvalue weighted by Gasteiger charge is -2.26. The number of nitrogens with one attached hydrogen (secondary N) is 1. The Morgan fingerprint density at radius 3 is 2.83 bits per heavy atom. The Hall–Kier alpha value is -1.70. The average Bonchev–Trinajstić information content (AvgIpc) is 3.31. The van der Waals surface area contributed by atoms with Crippen LogP contribution in [-0.4, -0.2) is 15.0 Å². The van der Waals surface area contributed by atoms with E-state index >= 15 is 0 Å². The minimum atomic E-state index is 0.0132. The van der Waals surface area contributed by atoms with Crippen LogP contribution in [0.2, 0.25) is 0 Å². The van der Waals surface area contributed by atoms with Gasteiger partial charge >= 0.3 is 0 Å². The van der Waals surface area contributed by atoms with E-state index < -0.39 is 0 Å². The van der Waals surface area contributed by atoms with Crippen LogP contribution < -0.4 is 5.32 Å². The monoisotopic (exact) mass is 419 g/mol. The Labute approximate surface area is 157 Å². The van der Waals surface area contributed by atoms with Gasteiger partial charge in [0.1, 0.15) is 5.76 Å². The van der Waals surface area contributed by atoms with Gasteiger partial charge in [-0.15, -0.1) is 11.3 Å². The number of nitrogens with zero attached hydrogens (tertiary/aromatic N) is 2. The Kier molecular flexibility index (Phi) is 4.39. The summed E-state index contributed by atoms with van der Waals surface area (Å²) in [5, 5.41) is 4.15. The molecule has 4 nitrogen and oxygen atoms in total. The number of hydrogen-bond donors (Lipinski definition) is 1. The zero-order valence-electron chi connectivity index (χ0n) is 12.6. The van der Waals surface area contributed by atoms with Gasteiger partial charge in [-0.1, -0.05) is 6.07 Å². The van der Waals surface area contributed by atoms with Crippen LogP contribution in [0.1, 0.15) is 28.4 Å². The highest BCUT2D eigenvalue weighted by Crippen LogP contribution is 2.42. The van der Waals surface area contributed by atoms with Crippen LogP contribution in [0.15, 0.2) is 63.1 Å². The smallest absolute Gasteiger partial charge is 0.170 e. The maximum atomic E-state index is 5.61. The summed E-state index contributed by atoms with van der Waals surface area (Å²) >= 11 is 10.9. The highest BCUT2D eigenvalue weighted by atomic mass is 79.9. The number of halogens is 1. The zero-order chi connectivity index (χ0) is 16.5. The predicted molar refractivity (Wildman–Crippen MR) is 102 cm³/mol. The van der Waals surface area contributed by atoms with Gasteiger partial charge in [0.15, 0.2) is 5.11 Å². The van der Waals surface area contributed by atoms with Gasteiger partial charge in [-0.3, -0.25) is 4.98 Å². The van der Waals surface area contributed by atoms with Crippen LogP contribution in [-0.2, 0) is 6.54 Å². The normalized spacial score (nSPS) is 20.4. The van der Waals surface area contributed by atoms with Crippen LogP contribution in [0.25, 0.3) is 0 Å². The molecule has 0 aromatic carbocycles. The van der Waals surface area contributed by atoms with Crippen molar-refractivity contribution in [2.75, 3.05) is 0 Å². The lowest BCUT2D eigenvalue weighted by Crippen LogP contribution is -2.28. The highest BCUT2D eigenvalue weighted by Gasteiger charge is 2.40. The molecule has 1 aliphatic rings. The third kappa shape index (κ3) is 2.99. The average molecular weight is 420 g/mol. The van der Waals surface area contributed by atoms with Gasteiger partial charge in [-0.05, 0) is 64.5 Å². The van der Waals surface area contributed by atoms with E-state index in [0.29, 0.717) is 6.54 Å². The fourth-order valence-corrected chi connectivity index (χ4v) is 4.82. The van der Waals surface area contributed by atoms with Crippen LogP contribution in [0.4, 0.5) is 0 Å². The predicted octanol–water partition coefficient (Wildman–Crippen LogP) is 4.67. The van der Waals surface area contributed by atoms with E-state index in [9.17, 15) is 0 Å². The van der Waals surface area contributed by atoms with Crippen LogP contribution >= 0.6 is 39.5 Å². The van der Waals surface area contributed by atoms with Crippen LogP contribution in [0.5, 0.6) is 0 Å². The van der Waals surface area contributed by atoms with Gasteiger partial charge in [0.25, 0.3) is 0 Å². The Morgan fingerprint density at radius 1 is 1.25 bits per heavy atom. The first-order valence-electron chi connectivity index (χ1n) is 7.48. The molecule has 24 heavy (non-hydrogen) atoms. The van der Waals surface area contributed by atoms with Crippen molar-refractivity contribution in [2.24, 2.45) is 0 Å². The number of thiocarbonyl (C=S) groups is 1. The van der Waals surface area contributed by atoms with Gasteiger partial charge in [-0.2, -0.15) is 0 Å². The Bertz CT molecular complexity index is 835. The van der Waals surface area contributed by atoms with Crippen LogP contribution in [0, 0.1) is 0 Å². The Balaban J connectivity index is 1.73. The highest BCUT2D eigenvalue weighted by molar-refractivity contribution is 9.11. The first-order chi connectivity index (χ1) is 11.7. The van der Waals surface area contributed by atoms with Crippen molar-refractivity contribution < 1.29 is 4.42 Å². The number of thiophene rings is 1. The van der Waals surface area contributed by atoms with E-state index in [1.807, 2.05) is 36.5 Å². The van der Waals surface area contributed by atoms with Crippen LogP contribution in [0.3, 0.4) is 0 Å². The number of rotatable bonds is 4. The quantitative estimate of drug-likeness (QED) is 0.622. The molecule has 0 bridgehead atoms. The zero-order valence-corrected chi connectivity index (χ0v) is 15.8.